The molecule has 1 amide bonds. The average molecular weight is 340 g/mol. The van der Waals surface area contributed by atoms with Gasteiger partial charge in [0.1, 0.15) is 6.04 Å². The SMILES string of the molecule is CC(C)N(CCc1nccs1)C(=O)C(N)c1ccccc1.Cl. The molecular formula is C16H22ClN3OS. The lowest BCUT2D eigenvalue weighted by Gasteiger charge is -2.29. The molecule has 6 heteroatoms. The van der Waals surface area contributed by atoms with Gasteiger partial charge in [-0.15, -0.1) is 23.7 Å². The van der Waals surface area contributed by atoms with Crippen LogP contribution in [0.2, 0.25) is 0 Å². The minimum atomic E-state index is -0.607. The lowest BCUT2D eigenvalue weighted by atomic mass is 10.1. The summed E-state index contributed by atoms with van der Waals surface area (Å²) in [6, 6.07) is 9.01. The first kappa shape index (κ1) is 18.6. The zero-order chi connectivity index (χ0) is 15.2. The van der Waals surface area contributed by atoms with Gasteiger partial charge in [0.2, 0.25) is 5.91 Å². The van der Waals surface area contributed by atoms with E-state index in [1.54, 1.807) is 17.5 Å². The number of halogens is 1. The van der Waals surface area contributed by atoms with Crippen molar-refractivity contribution in [2.45, 2.75) is 32.4 Å². The molecule has 1 atom stereocenters. The number of carbonyl (C=O) groups is 1. The van der Waals surface area contributed by atoms with Crippen molar-refractivity contribution in [3.05, 3.63) is 52.5 Å². The maximum Gasteiger partial charge on any atom is 0.244 e. The highest BCUT2D eigenvalue weighted by Crippen LogP contribution is 2.16. The Morgan fingerprint density at radius 1 is 1.32 bits per heavy atom. The van der Waals surface area contributed by atoms with Crippen molar-refractivity contribution in [1.82, 2.24) is 9.88 Å². The fraction of sp³-hybridized carbons (Fsp3) is 0.375. The zero-order valence-corrected chi connectivity index (χ0v) is 14.4. The number of nitrogens with two attached hydrogens (primary N) is 1. The second-order valence-electron chi connectivity index (χ2n) is 5.19. The predicted molar refractivity (Wildman–Crippen MR) is 93.3 cm³/mol. The highest BCUT2D eigenvalue weighted by Gasteiger charge is 2.24. The van der Waals surface area contributed by atoms with E-state index in [9.17, 15) is 4.79 Å². The molecular weight excluding hydrogens is 318 g/mol. The van der Waals surface area contributed by atoms with Crippen molar-refractivity contribution < 1.29 is 4.79 Å². The number of carbonyl (C=O) groups excluding carboxylic acids is 1. The molecule has 0 aliphatic carbocycles. The third-order valence-electron chi connectivity index (χ3n) is 3.38. The molecule has 120 valence electrons. The minimum Gasteiger partial charge on any atom is -0.338 e. The summed E-state index contributed by atoms with van der Waals surface area (Å²) in [6.07, 6.45) is 2.56. The Kier molecular flexibility index (Phi) is 7.51. The van der Waals surface area contributed by atoms with Crippen LogP contribution in [-0.4, -0.2) is 28.4 Å². The summed E-state index contributed by atoms with van der Waals surface area (Å²) < 4.78 is 0. The summed E-state index contributed by atoms with van der Waals surface area (Å²) in [4.78, 5) is 18.7. The van der Waals surface area contributed by atoms with Gasteiger partial charge in [-0.05, 0) is 19.4 Å². The van der Waals surface area contributed by atoms with Gasteiger partial charge in [-0.3, -0.25) is 4.79 Å². The van der Waals surface area contributed by atoms with Crippen LogP contribution in [0.4, 0.5) is 0 Å². The van der Waals surface area contributed by atoms with Crippen molar-refractivity contribution in [2.75, 3.05) is 6.54 Å². The first-order valence-electron chi connectivity index (χ1n) is 7.09. The van der Waals surface area contributed by atoms with Crippen LogP contribution in [0.25, 0.3) is 0 Å². The number of hydrogen-bond acceptors (Lipinski definition) is 4. The summed E-state index contributed by atoms with van der Waals surface area (Å²) in [5.74, 6) is -0.0345. The smallest absolute Gasteiger partial charge is 0.244 e. The maximum atomic E-state index is 12.6. The fourth-order valence-corrected chi connectivity index (χ4v) is 2.81. The molecule has 0 aliphatic heterocycles. The van der Waals surface area contributed by atoms with Crippen molar-refractivity contribution >= 4 is 29.7 Å². The molecule has 0 aliphatic rings. The van der Waals surface area contributed by atoms with Crippen LogP contribution in [0, 0.1) is 0 Å². The Morgan fingerprint density at radius 3 is 2.55 bits per heavy atom. The van der Waals surface area contributed by atoms with Gasteiger partial charge in [0.05, 0.1) is 5.01 Å². The number of nitrogens with zero attached hydrogens (tertiary/aromatic N) is 2. The number of hydrogen-bond donors (Lipinski definition) is 1. The zero-order valence-electron chi connectivity index (χ0n) is 12.8. The fourth-order valence-electron chi connectivity index (χ4n) is 2.20. The molecule has 0 bridgehead atoms. The van der Waals surface area contributed by atoms with Gasteiger partial charge in [-0.1, -0.05) is 30.3 Å². The van der Waals surface area contributed by atoms with Gasteiger partial charge in [-0.25, -0.2) is 4.98 Å². The lowest BCUT2D eigenvalue weighted by molar-refractivity contribution is -0.134. The number of amides is 1. The van der Waals surface area contributed by atoms with E-state index in [1.165, 1.54) is 0 Å². The van der Waals surface area contributed by atoms with Crippen LogP contribution in [0.15, 0.2) is 41.9 Å². The van der Waals surface area contributed by atoms with Crippen LogP contribution in [0.3, 0.4) is 0 Å². The molecule has 2 rings (SSSR count). The van der Waals surface area contributed by atoms with E-state index in [0.29, 0.717) is 6.54 Å². The van der Waals surface area contributed by atoms with Crippen LogP contribution < -0.4 is 5.73 Å². The summed E-state index contributed by atoms with van der Waals surface area (Å²) >= 11 is 1.61. The topological polar surface area (TPSA) is 59.2 Å². The van der Waals surface area contributed by atoms with Gasteiger partial charge in [0.25, 0.3) is 0 Å². The first-order valence-corrected chi connectivity index (χ1v) is 7.97. The van der Waals surface area contributed by atoms with Gasteiger partial charge < -0.3 is 10.6 Å². The maximum absolute atomic E-state index is 12.6. The summed E-state index contributed by atoms with van der Waals surface area (Å²) in [5.41, 5.74) is 6.97. The molecule has 4 nitrogen and oxygen atoms in total. The van der Waals surface area contributed by atoms with Gasteiger partial charge in [0, 0.05) is 30.6 Å². The third-order valence-corrected chi connectivity index (χ3v) is 4.22. The first-order chi connectivity index (χ1) is 10.1. The van der Waals surface area contributed by atoms with E-state index >= 15 is 0 Å². The largest absolute Gasteiger partial charge is 0.338 e. The van der Waals surface area contributed by atoms with Gasteiger partial charge in [0.15, 0.2) is 0 Å². The van der Waals surface area contributed by atoms with Crippen molar-refractivity contribution in [3.8, 4) is 0 Å². The van der Waals surface area contributed by atoms with E-state index in [4.69, 9.17) is 5.73 Å². The van der Waals surface area contributed by atoms with Crippen molar-refractivity contribution in [1.29, 1.82) is 0 Å². The number of thiazole rings is 1. The third kappa shape index (κ3) is 4.80. The average Bonchev–Trinajstić information content (AvgIpc) is 3.00. The Morgan fingerprint density at radius 2 is 2.00 bits per heavy atom. The van der Waals surface area contributed by atoms with E-state index in [0.717, 1.165) is 17.0 Å². The Labute approximate surface area is 141 Å². The standard InChI is InChI=1S/C16H21N3OS.ClH/c1-12(2)19(10-8-14-18-9-11-21-14)16(20)15(17)13-6-4-3-5-7-13;/h3-7,9,11-12,15H,8,10,17H2,1-2H3;1H. The lowest BCUT2D eigenvalue weighted by Crippen LogP contribution is -2.43. The summed E-state index contributed by atoms with van der Waals surface area (Å²) in [6.45, 7) is 4.67. The number of aromatic nitrogens is 1. The molecule has 0 saturated heterocycles. The van der Waals surface area contributed by atoms with Gasteiger partial charge >= 0.3 is 0 Å². The Bertz CT molecular complexity index is 560. The molecule has 0 radical (unpaired) electrons. The molecule has 0 fully saturated rings. The summed E-state index contributed by atoms with van der Waals surface area (Å²) in [5, 5.41) is 2.99. The Balaban J connectivity index is 0.00000242. The quantitative estimate of drug-likeness (QED) is 0.880. The highest BCUT2D eigenvalue weighted by molar-refractivity contribution is 7.09. The predicted octanol–water partition coefficient (Wildman–Crippen LogP) is 3.04. The second-order valence-corrected chi connectivity index (χ2v) is 6.17. The van der Waals surface area contributed by atoms with E-state index in [2.05, 4.69) is 4.98 Å². The van der Waals surface area contributed by atoms with Crippen LogP contribution in [-0.2, 0) is 11.2 Å². The monoisotopic (exact) mass is 339 g/mol. The normalized spacial score (nSPS) is 11.8. The van der Waals surface area contributed by atoms with Crippen LogP contribution in [0.5, 0.6) is 0 Å². The molecule has 1 unspecified atom stereocenters. The molecule has 22 heavy (non-hydrogen) atoms. The van der Waals surface area contributed by atoms with Crippen molar-refractivity contribution in [2.24, 2.45) is 5.73 Å². The van der Waals surface area contributed by atoms with E-state index in [-0.39, 0.29) is 24.4 Å². The highest BCUT2D eigenvalue weighted by atomic mass is 35.5. The molecule has 1 aromatic carbocycles. The second kappa shape index (κ2) is 8.88. The molecule has 0 spiro atoms. The van der Waals surface area contributed by atoms with E-state index < -0.39 is 6.04 Å². The van der Waals surface area contributed by atoms with Crippen LogP contribution >= 0.6 is 23.7 Å². The molecule has 2 aromatic rings. The number of benzene rings is 1. The number of rotatable bonds is 6. The minimum absolute atomic E-state index is 0. The molecule has 1 aromatic heterocycles. The summed E-state index contributed by atoms with van der Waals surface area (Å²) in [7, 11) is 0. The Hall–Kier alpha value is -1.43. The molecule has 0 saturated carbocycles. The molecule has 1 heterocycles. The van der Waals surface area contributed by atoms with Gasteiger partial charge in [-0.2, -0.15) is 0 Å². The van der Waals surface area contributed by atoms with Crippen molar-refractivity contribution in [3.63, 3.8) is 0 Å². The van der Waals surface area contributed by atoms with Crippen LogP contribution in [0.1, 0.15) is 30.5 Å². The van der Waals surface area contributed by atoms with E-state index in [1.807, 2.05) is 54.5 Å². The molecule has 2 N–H and O–H groups in total.